The molecular formula is C27H30F2O4. The average Bonchev–Trinajstić information content (AvgIpc) is 2.83. The largest absolute Gasteiger partial charge is 0.508 e. The highest BCUT2D eigenvalue weighted by Crippen LogP contribution is 2.30. The highest BCUT2D eigenvalue weighted by molar-refractivity contribution is 5.36. The molecule has 0 saturated heterocycles. The Morgan fingerprint density at radius 3 is 2.30 bits per heavy atom. The van der Waals surface area contributed by atoms with Gasteiger partial charge in [0.05, 0.1) is 12.7 Å². The van der Waals surface area contributed by atoms with Gasteiger partial charge >= 0.3 is 5.92 Å². The van der Waals surface area contributed by atoms with E-state index in [-0.39, 0.29) is 17.9 Å². The highest BCUT2D eigenvalue weighted by atomic mass is 19.3. The zero-order valence-electron chi connectivity index (χ0n) is 18.6. The summed E-state index contributed by atoms with van der Waals surface area (Å²) in [6, 6.07) is 19.5. The molecule has 2 unspecified atom stereocenters. The molecular weight excluding hydrogens is 426 g/mol. The molecule has 0 aliphatic heterocycles. The zero-order valence-corrected chi connectivity index (χ0v) is 18.6. The van der Waals surface area contributed by atoms with E-state index in [9.17, 15) is 24.1 Å². The van der Waals surface area contributed by atoms with Crippen molar-refractivity contribution in [1.82, 2.24) is 0 Å². The lowest BCUT2D eigenvalue weighted by molar-refractivity contribution is -0.0467. The number of hydrogen-bond donors (Lipinski definition) is 3. The van der Waals surface area contributed by atoms with Crippen molar-refractivity contribution in [2.75, 3.05) is 6.61 Å². The lowest BCUT2D eigenvalue weighted by Gasteiger charge is -2.18. The summed E-state index contributed by atoms with van der Waals surface area (Å²) in [5.41, 5.74) is 2.05. The number of ether oxygens (including phenoxy) is 1. The Morgan fingerprint density at radius 1 is 0.939 bits per heavy atom. The van der Waals surface area contributed by atoms with Crippen LogP contribution in [0.15, 0.2) is 72.8 Å². The summed E-state index contributed by atoms with van der Waals surface area (Å²) in [6.45, 7) is 1.08. The molecule has 2 atom stereocenters. The van der Waals surface area contributed by atoms with Gasteiger partial charge in [-0.25, -0.2) is 0 Å². The van der Waals surface area contributed by atoms with Crippen LogP contribution in [-0.2, 0) is 19.0 Å². The third kappa shape index (κ3) is 7.01. The van der Waals surface area contributed by atoms with Gasteiger partial charge in [-0.05, 0) is 60.6 Å². The van der Waals surface area contributed by atoms with E-state index in [4.69, 9.17) is 4.74 Å². The van der Waals surface area contributed by atoms with Crippen molar-refractivity contribution in [1.29, 1.82) is 0 Å². The minimum Gasteiger partial charge on any atom is -0.508 e. The third-order valence-electron chi connectivity index (χ3n) is 5.72. The molecule has 0 saturated carbocycles. The minimum atomic E-state index is -3.06. The second-order valence-electron chi connectivity index (χ2n) is 8.45. The Labute approximate surface area is 193 Å². The highest BCUT2D eigenvalue weighted by Gasteiger charge is 2.32. The van der Waals surface area contributed by atoms with Gasteiger partial charge in [-0.1, -0.05) is 55.5 Å². The van der Waals surface area contributed by atoms with Crippen molar-refractivity contribution in [3.8, 4) is 11.5 Å². The molecule has 4 nitrogen and oxygen atoms in total. The molecule has 176 valence electrons. The van der Waals surface area contributed by atoms with Gasteiger partial charge in [0.1, 0.15) is 11.5 Å². The normalized spacial score (nSPS) is 13.5. The molecule has 0 heterocycles. The molecule has 0 aromatic heterocycles. The third-order valence-corrected chi connectivity index (χ3v) is 5.72. The average molecular weight is 457 g/mol. The smallest absolute Gasteiger partial charge is 0.306 e. The molecule has 33 heavy (non-hydrogen) atoms. The molecule has 0 spiro atoms. The second kappa shape index (κ2) is 11.3. The number of aliphatic hydroxyl groups excluding tert-OH is 2. The SMILES string of the molecule is CC(CCC(O)c1ccc(O)c(CO)c1)Cc1ccc(OCC(F)(F)c2ccccc2)cc1. The van der Waals surface area contributed by atoms with Crippen molar-refractivity contribution in [3.63, 3.8) is 0 Å². The number of rotatable bonds is 11. The van der Waals surface area contributed by atoms with Crippen LogP contribution in [0.2, 0.25) is 0 Å². The van der Waals surface area contributed by atoms with Gasteiger partial charge in [0.2, 0.25) is 0 Å². The van der Waals surface area contributed by atoms with Gasteiger partial charge in [-0.15, -0.1) is 0 Å². The molecule has 3 N–H and O–H groups in total. The van der Waals surface area contributed by atoms with Crippen LogP contribution in [0.3, 0.4) is 0 Å². The van der Waals surface area contributed by atoms with E-state index in [1.54, 1.807) is 42.5 Å². The first-order chi connectivity index (χ1) is 15.8. The Bertz CT molecular complexity index is 1010. The number of hydrogen-bond acceptors (Lipinski definition) is 4. The molecule has 0 aliphatic carbocycles. The minimum absolute atomic E-state index is 0.0121. The van der Waals surface area contributed by atoms with Crippen molar-refractivity contribution in [3.05, 3.63) is 95.1 Å². The summed E-state index contributed by atoms with van der Waals surface area (Å²) < 4.78 is 33.8. The maximum Gasteiger partial charge on any atom is 0.306 e. The molecule has 0 fully saturated rings. The Kier molecular flexibility index (Phi) is 8.42. The number of halogens is 2. The second-order valence-corrected chi connectivity index (χ2v) is 8.45. The summed E-state index contributed by atoms with van der Waals surface area (Å²) in [5, 5.41) is 29.4. The zero-order chi connectivity index (χ0) is 23.8. The van der Waals surface area contributed by atoms with E-state index >= 15 is 0 Å². The monoisotopic (exact) mass is 456 g/mol. The maximum absolute atomic E-state index is 14.3. The lowest BCUT2D eigenvalue weighted by atomic mass is 9.93. The first kappa shape index (κ1) is 24.7. The summed E-state index contributed by atoms with van der Waals surface area (Å²) in [5.74, 6) is -2.37. The number of benzene rings is 3. The van der Waals surface area contributed by atoms with E-state index in [0.29, 0.717) is 29.2 Å². The van der Waals surface area contributed by atoms with Gasteiger partial charge in [0.25, 0.3) is 0 Å². The first-order valence-corrected chi connectivity index (χ1v) is 11.0. The molecule has 0 bridgehead atoms. The van der Waals surface area contributed by atoms with Gasteiger partial charge in [-0.2, -0.15) is 8.78 Å². The van der Waals surface area contributed by atoms with Crippen LogP contribution < -0.4 is 4.74 Å². The molecule has 3 aromatic carbocycles. The molecule has 6 heteroatoms. The van der Waals surface area contributed by atoms with Gasteiger partial charge in [0.15, 0.2) is 6.61 Å². The van der Waals surface area contributed by atoms with Gasteiger partial charge in [-0.3, -0.25) is 0 Å². The van der Waals surface area contributed by atoms with Crippen LogP contribution in [-0.4, -0.2) is 21.9 Å². The van der Waals surface area contributed by atoms with Gasteiger partial charge < -0.3 is 20.1 Å². The number of aliphatic hydroxyl groups is 2. The van der Waals surface area contributed by atoms with E-state index < -0.39 is 18.6 Å². The fraction of sp³-hybridized carbons (Fsp3) is 0.333. The van der Waals surface area contributed by atoms with Crippen molar-refractivity contribution < 1.29 is 28.8 Å². The fourth-order valence-corrected chi connectivity index (χ4v) is 3.71. The predicted octanol–water partition coefficient (Wildman–Crippen LogP) is 5.75. The first-order valence-electron chi connectivity index (χ1n) is 11.0. The van der Waals surface area contributed by atoms with E-state index in [1.807, 2.05) is 12.1 Å². The van der Waals surface area contributed by atoms with E-state index in [1.165, 1.54) is 18.2 Å². The van der Waals surface area contributed by atoms with Crippen molar-refractivity contribution >= 4 is 0 Å². The van der Waals surface area contributed by atoms with Gasteiger partial charge in [0, 0.05) is 11.1 Å². The predicted molar refractivity (Wildman–Crippen MR) is 123 cm³/mol. The number of aromatic hydroxyl groups is 1. The van der Waals surface area contributed by atoms with Crippen LogP contribution in [0.25, 0.3) is 0 Å². The standard InChI is InChI=1S/C27H30F2O4/c1-19(7-13-25(31)21-10-14-26(32)22(16-21)17-30)15-20-8-11-24(12-9-20)33-18-27(28,29)23-5-3-2-4-6-23/h2-6,8-12,14,16,19,25,30-32H,7,13,15,17-18H2,1H3. The Hall–Kier alpha value is -2.96. The van der Waals surface area contributed by atoms with Crippen LogP contribution >= 0.6 is 0 Å². The van der Waals surface area contributed by atoms with Crippen molar-refractivity contribution in [2.24, 2.45) is 5.92 Å². The Morgan fingerprint density at radius 2 is 1.64 bits per heavy atom. The van der Waals surface area contributed by atoms with E-state index in [2.05, 4.69) is 6.92 Å². The van der Waals surface area contributed by atoms with Crippen LogP contribution in [0, 0.1) is 5.92 Å². The molecule has 0 amide bonds. The molecule has 3 aromatic rings. The Balaban J connectivity index is 1.47. The van der Waals surface area contributed by atoms with Crippen LogP contribution in [0.4, 0.5) is 8.78 Å². The topological polar surface area (TPSA) is 69.9 Å². The summed E-state index contributed by atoms with van der Waals surface area (Å²) in [7, 11) is 0. The number of phenols is 1. The van der Waals surface area contributed by atoms with Crippen LogP contribution in [0.5, 0.6) is 11.5 Å². The summed E-state index contributed by atoms with van der Waals surface area (Å²) in [4.78, 5) is 0. The fourth-order valence-electron chi connectivity index (χ4n) is 3.71. The molecule has 3 rings (SSSR count). The molecule has 0 radical (unpaired) electrons. The molecule has 0 aliphatic rings. The van der Waals surface area contributed by atoms with Crippen LogP contribution in [0.1, 0.15) is 48.1 Å². The van der Waals surface area contributed by atoms with E-state index in [0.717, 1.165) is 18.4 Å². The quantitative estimate of drug-likeness (QED) is 0.344. The summed E-state index contributed by atoms with van der Waals surface area (Å²) >= 11 is 0. The summed E-state index contributed by atoms with van der Waals surface area (Å²) in [6.07, 6.45) is 1.43. The maximum atomic E-state index is 14.3. The van der Waals surface area contributed by atoms with Crippen molar-refractivity contribution in [2.45, 2.75) is 44.8 Å². The lowest BCUT2D eigenvalue weighted by Crippen LogP contribution is -2.23. The number of alkyl halides is 2.